The third kappa shape index (κ3) is 2.86. The van der Waals surface area contributed by atoms with E-state index in [0.29, 0.717) is 5.92 Å². The number of allylic oxidation sites excluding steroid dienone is 4. The topological polar surface area (TPSA) is 24.4 Å². The lowest BCUT2D eigenvalue weighted by atomic mass is 9.96. The maximum atomic E-state index is 4.32. The van der Waals surface area contributed by atoms with Gasteiger partial charge in [0, 0.05) is 5.92 Å². The van der Waals surface area contributed by atoms with E-state index in [1.807, 2.05) is 42.6 Å². The lowest BCUT2D eigenvalue weighted by Gasteiger charge is -2.09. The van der Waals surface area contributed by atoms with E-state index in [1.54, 1.807) is 0 Å². The molecule has 0 spiro atoms. The van der Waals surface area contributed by atoms with E-state index < -0.39 is 0 Å². The maximum Gasteiger partial charge on any atom is 0.0561 e. The third-order valence-corrected chi connectivity index (χ3v) is 3.27. The van der Waals surface area contributed by atoms with Crippen molar-refractivity contribution in [1.82, 2.24) is 0 Å². The first-order valence-corrected chi connectivity index (χ1v) is 6.71. The zero-order valence-electron chi connectivity index (χ0n) is 11.1. The summed E-state index contributed by atoms with van der Waals surface area (Å²) in [6.07, 6.45) is 10.4. The average molecular weight is 260 g/mol. The Morgan fingerprint density at radius 3 is 2.35 bits per heavy atom. The van der Waals surface area contributed by atoms with Gasteiger partial charge in [-0.3, -0.25) is 5.43 Å². The molecule has 3 rings (SSSR count). The Bertz CT molecular complexity index is 642. The van der Waals surface area contributed by atoms with Gasteiger partial charge >= 0.3 is 0 Å². The molecule has 0 radical (unpaired) electrons. The minimum absolute atomic E-state index is 0.356. The van der Waals surface area contributed by atoms with Crippen molar-refractivity contribution in [2.24, 2.45) is 5.10 Å². The molecule has 2 aromatic carbocycles. The Hall–Kier alpha value is -2.61. The summed E-state index contributed by atoms with van der Waals surface area (Å²) >= 11 is 0. The molecule has 0 fully saturated rings. The number of hydrogen-bond acceptors (Lipinski definition) is 2. The minimum atomic E-state index is 0.356. The number of rotatable bonds is 4. The van der Waals surface area contributed by atoms with Crippen LogP contribution in [0.15, 0.2) is 84.0 Å². The second-order valence-electron chi connectivity index (χ2n) is 4.66. The van der Waals surface area contributed by atoms with Crippen molar-refractivity contribution in [1.29, 1.82) is 0 Å². The smallest absolute Gasteiger partial charge is 0.0561 e. The van der Waals surface area contributed by atoms with Crippen LogP contribution < -0.4 is 5.43 Å². The molecule has 2 nitrogen and oxygen atoms in total. The van der Waals surface area contributed by atoms with Crippen LogP contribution in [-0.2, 0) is 0 Å². The molecule has 1 N–H and O–H groups in total. The highest BCUT2D eigenvalue weighted by atomic mass is 15.3. The standard InChI is InChI=1S/C18H16N2/c1-2-11-17(12-3-1)20-19-14-16-10-6-7-13-18(16)15-8-4-5-9-15/h1-15,20H. The maximum absolute atomic E-state index is 4.32. The van der Waals surface area contributed by atoms with E-state index in [0.717, 1.165) is 11.3 Å². The number of anilines is 1. The van der Waals surface area contributed by atoms with E-state index >= 15 is 0 Å². The van der Waals surface area contributed by atoms with E-state index in [2.05, 4.69) is 53.0 Å². The summed E-state index contributed by atoms with van der Waals surface area (Å²) in [6.45, 7) is 0. The van der Waals surface area contributed by atoms with Crippen LogP contribution in [0.1, 0.15) is 17.0 Å². The summed E-state index contributed by atoms with van der Waals surface area (Å²) in [5.74, 6) is 0.356. The summed E-state index contributed by atoms with van der Waals surface area (Å²) in [7, 11) is 0. The number of nitrogens with zero attached hydrogens (tertiary/aromatic N) is 1. The number of benzene rings is 2. The minimum Gasteiger partial charge on any atom is -0.279 e. The third-order valence-electron chi connectivity index (χ3n) is 3.27. The Kier molecular flexibility index (Phi) is 3.74. The van der Waals surface area contributed by atoms with E-state index in [4.69, 9.17) is 0 Å². The molecule has 20 heavy (non-hydrogen) atoms. The zero-order valence-corrected chi connectivity index (χ0v) is 11.1. The van der Waals surface area contributed by atoms with Crippen molar-refractivity contribution in [2.75, 3.05) is 5.43 Å². The second kappa shape index (κ2) is 6.02. The number of hydrazone groups is 1. The molecule has 2 heteroatoms. The highest BCUT2D eigenvalue weighted by molar-refractivity contribution is 5.83. The van der Waals surface area contributed by atoms with E-state index in [1.165, 1.54) is 5.56 Å². The molecule has 98 valence electrons. The van der Waals surface area contributed by atoms with E-state index in [-0.39, 0.29) is 0 Å². The lowest BCUT2D eigenvalue weighted by molar-refractivity contribution is 1.10. The normalized spacial score (nSPS) is 14.2. The van der Waals surface area contributed by atoms with Crippen molar-refractivity contribution in [3.8, 4) is 0 Å². The van der Waals surface area contributed by atoms with Crippen molar-refractivity contribution in [2.45, 2.75) is 5.92 Å². The first kappa shape index (κ1) is 12.4. The van der Waals surface area contributed by atoms with Gasteiger partial charge in [0.15, 0.2) is 0 Å². The molecule has 1 aliphatic rings. The van der Waals surface area contributed by atoms with E-state index in [9.17, 15) is 0 Å². The molecule has 0 bridgehead atoms. The monoisotopic (exact) mass is 260 g/mol. The van der Waals surface area contributed by atoms with Crippen LogP contribution >= 0.6 is 0 Å². The molecule has 0 aliphatic heterocycles. The van der Waals surface area contributed by atoms with Gasteiger partial charge in [-0.05, 0) is 23.3 Å². The van der Waals surface area contributed by atoms with Crippen LogP contribution in [0.5, 0.6) is 0 Å². The van der Waals surface area contributed by atoms with Gasteiger partial charge in [0.05, 0.1) is 11.9 Å². The summed E-state index contributed by atoms with van der Waals surface area (Å²) in [4.78, 5) is 0. The molecule has 0 aromatic heterocycles. The summed E-state index contributed by atoms with van der Waals surface area (Å²) < 4.78 is 0. The molecule has 1 aliphatic carbocycles. The highest BCUT2D eigenvalue weighted by Gasteiger charge is 2.09. The molecule has 0 unspecified atom stereocenters. The Morgan fingerprint density at radius 2 is 1.55 bits per heavy atom. The quantitative estimate of drug-likeness (QED) is 0.641. The van der Waals surface area contributed by atoms with Gasteiger partial charge < -0.3 is 0 Å². The predicted molar refractivity (Wildman–Crippen MR) is 85.1 cm³/mol. The van der Waals surface area contributed by atoms with Crippen molar-refractivity contribution in [3.63, 3.8) is 0 Å². The van der Waals surface area contributed by atoms with Crippen LogP contribution in [0.2, 0.25) is 0 Å². The Labute approximate surface area is 119 Å². The molecular weight excluding hydrogens is 244 g/mol. The fourth-order valence-electron chi connectivity index (χ4n) is 2.26. The van der Waals surface area contributed by atoms with Crippen molar-refractivity contribution in [3.05, 3.63) is 90.0 Å². The fourth-order valence-corrected chi connectivity index (χ4v) is 2.26. The van der Waals surface area contributed by atoms with Gasteiger partial charge in [0.1, 0.15) is 0 Å². The molecule has 0 saturated heterocycles. The first-order valence-electron chi connectivity index (χ1n) is 6.71. The molecule has 0 heterocycles. The first-order chi connectivity index (χ1) is 9.93. The number of nitrogens with one attached hydrogen (secondary N) is 1. The summed E-state index contributed by atoms with van der Waals surface area (Å²) in [5, 5.41) is 4.32. The van der Waals surface area contributed by atoms with Crippen molar-refractivity contribution < 1.29 is 0 Å². The van der Waals surface area contributed by atoms with Crippen LogP contribution in [0, 0.1) is 0 Å². The predicted octanol–water partition coefficient (Wildman–Crippen LogP) is 4.34. The molecule has 0 amide bonds. The average Bonchev–Trinajstić information content (AvgIpc) is 3.03. The Morgan fingerprint density at radius 1 is 0.850 bits per heavy atom. The van der Waals surface area contributed by atoms with Gasteiger partial charge in [-0.1, -0.05) is 66.8 Å². The van der Waals surface area contributed by atoms with Crippen LogP contribution in [-0.4, -0.2) is 6.21 Å². The van der Waals surface area contributed by atoms with Gasteiger partial charge in [0.2, 0.25) is 0 Å². The van der Waals surface area contributed by atoms with Crippen LogP contribution in [0.4, 0.5) is 5.69 Å². The summed E-state index contributed by atoms with van der Waals surface area (Å²) in [5.41, 5.74) is 6.44. The van der Waals surface area contributed by atoms with Crippen LogP contribution in [0.3, 0.4) is 0 Å². The number of hydrogen-bond donors (Lipinski definition) is 1. The largest absolute Gasteiger partial charge is 0.279 e. The zero-order chi connectivity index (χ0) is 13.6. The van der Waals surface area contributed by atoms with Crippen molar-refractivity contribution >= 4 is 11.9 Å². The van der Waals surface area contributed by atoms with Gasteiger partial charge in [-0.25, -0.2) is 0 Å². The molecule has 0 atom stereocenters. The number of para-hydroxylation sites is 1. The van der Waals surface area contributed by atoms with Gasteiger partial charge in [-0.15, -0.1) is 0 Å². The fraction of sp³-hybridized carbons (Fsp3) is 0.0556. The lowest BCUT2D eigenvalue weighted by Crippen LogP contribution is -1.97. The van der Waals surface area contributed by atoms with Crippen LogP contribution in [0.25, 0.3) is 0 Å². The Balaban J connectivity index is 1.77. The summed E-state index contributed by atoms with van der Waals surface area (Å²) in [6, 6.07) is 18.3. The highest BCUT2D eigenvalue weighted by Crippen LogP contribution is 2.25. The van der Waals surface area contributed by atoms with Gasteiger partial charge in [0.25, 0.3) is 0 Å². The SMILES string of the molecule is C1=CC(c2ccccc2C=NNc2ccccc2)C=C1. The second-order valence-corrected chi connectivity index (χ2v) is 4.66. The molecule has 0 saturated carbocycles. The molecule has 2 aromatic rings. The molecular formula is C18H16N2. The van der Waals surface area contributed by atoms with Gasteiger partial charge in [-0.2, -0.15) is 5.10 Å².